The van der Waals surface area contributed by atoms with Crippen LogP contribution in [0, 0.1) is 19.6 Å². The second kappa shape index (κ2) is 5.85. The molecule has 0 aromatic heterocycles. The number of carbonyl (C=O) groups is 1. The number of halogens is 1. The molecule has 2 rings (SSSR count). The largest absolute Gasteiger partial charge is 0.350 e. The number of non-ortho nitro benzene ring substituents is 1. The van der Waals surface area contributed by atoms with Crippen LogP contribution >= 0.6 is 22.6 Å². The molecule has 0 spiro atoms. The molecule has 0 radical (unpaired) electrons. The molecular weight excluding hydrogens is 359 g/mol. The zero-order valence-electron chi connectivity index (χ0n) is 10.6. The lowest BCUT2D eigenvalue weighted by atomic mass is 10.1. The molecule has 1 aliphatic carbocycles. The van der Waals surface area contributed by atoms with Gasteiger partial charge in [0.25, 0.3) is 11.6 Å². The van der Waals surface area contributed by atoms with Gasteiger partial charge in [-0.25, -0.2) is 0 Å². The summed E-state index contributed by atoms with van der Waals surface area (Å²) < 4.78 is 0.722. The zero-order valence-corrected chi connectivity index (χ0v) is 12.7. The van der Waals surface area contributed by atoms with Crippen molar-refractivity contribution in [3.05, 3.63) is 37.4 Å². The molecule has 1 aromatic carbocycles. The van der Waals surface area contributed by atoms with Crippen molar-refractivity contribution in [2.75, 3.05) is 0 Å². The fourth-order valence-electron chi connectivity index (χ4n) is 2.01. The molecule has 0 aliphatic heterocycles. The second-order valence-electron chi connectivity index (χ2n) is 4.97. The fourth-order valence-corrected chi connectivity index (χ4v) is 2.60. The Morgan fingerprint density at radius 1 is 1.58 bits per heavy atom. The predicted molar refractivity (Wildman–Crippen MR) is 80.1 cm³/mol. The van der Waals surface area contributed by atoms with Crippen LogP contribution in [0.15, 0.2) is 18.2 Å². The Morgan fingerprint density at radius 2 is 2.26 bits per heavy atom. The van der Waals surface area contributed by atoms with Gasteiger partial charge in [-0.3, -0.25) is 14.9 Å². The number of nitrogens with zero attached hydrogens (tertiary/aromatic N) is 1. The zero-order chi connectivity index (χ0) is 14.0. The molecule has 1 fully saturated rings. The molecule has 1 aromatic rings. The highest BCUT2D eigenvalue weighted by molar-refractivity contribution is 14.1. The van der Waals surface area contributed by atoms with Crippen LogP contribution < -0.4 is 5.32 Å². The van der Waals surface area contributed by atoms with E-state index in [1.165, 1.54) is 25.0 Å². The van der Waals surface area contributed by atoms with E-state index in [1.807, 2.05) is 29.5 Å². The molecule has 102 valence electrons. The maximum atomic E-state index is 12.1. The Kier molecular flexibility index (Phi) is 4.38. The van der Waals surface area contributed by atoms with Crippen molar-refractivity contribution in [1.82, 2.24) is 5.32 Å². The van der Waals surface area contributed by atoms with E-state index in [4.69, 9.17) is 0 Å². The van der Waals surface area contributed by atoms with Crippen LogP contribution in [0.25, 0.3) is 0 Å². The first-order chi connectivity index (χ1) is 8.97. The highest BCUT2D eigenvalue weighted by atomic mass is 127. The number of hydrogen-bond acceptors (Lipinski definition) is 3. The lowest BCUT2D eigenvalue weighted by Gasteiger charge is -2.14. The Morgan fingerprint density at radius 3 is 2.84 bits per heavy atom. The number of nitro benzene ring substituents is 1. The highest BCUT2D eigenvalue weighted by Crippen LogP contribution is 2.33. The topological polar surface area (TPSA) is 72.2 Å². The molecule has 1 unspecified atom stereocenters. The lowest BCUT2D eigenvalue weighted by molar-refractivity contribution is -0.384. The summed E-state index contributed by atoms with van der Waals surface area (Å²) in [4.78, 5) is 22.4. The number of rotatable bonds is 5. The summed E-state index contributed by atoms with van der Waals surface area (Å²) in [5, 5.41) is 13.6. The Balaban J connectivity index is 2.08. The average molecular weight is 374 g/mol. The van der Waals surface area contributed by atoms with Gasteiger partial charge in [-0.1, -0.05) is 12.8 Å². The van der Waals surface area contributed by atoms with Crippen LogP contribution in [0.2, 0.25) is 0 Å². The van der Waals surface area contributed by atoms with Crippen LogP contribution in [-0.4, -0.2) is 16.9 Å². The van der Waals surface area contributed by atoms with Gasteiger partial charge in [0.2, 0.25) is 0 Å². The SMILES string of the molecule is CC(CC1CC1)NC(=O)c1cc([N+](=O)[O-])ccc1I. The quantitative estimate of drug-likeness (QED) is 0.489. The van der Waals surface area contributed by atoms with Crippen molar-refractivity contribution in [3.63, 3.8) is 0 Å². The van der Waals surface area contributed by atoms with E-state index in [1.54, 1.807) is 6.07 Å². The summed E-state index contributed by atoms with van der Waals surface area (Å²) in [5.41, 5.74) is 0.317. The monoisotopic (exact) mass is 374 g/mol. The summed E-state index contributed by atoms with van der Waals surface area (Å²) in [7, 11) is 0. The summed E-state index contributed by atoms with van der Waals surface area (Å²) in [5.74, 6) is 0.501. The van der Waals surface area contributed by atoms with Crippen molar-refractivity contribution < 1.29 is 9.72 Å². The number of hydrogen-bond donors (Lipinski definition) is 1. The number of nitro groups is 1. The van der Waals surface area contributed by atoms with Crippen LogP contribution in [-0.2, 0) is 0 Å². The molecule has 1 saturated carbocycles. The third-order valence-electron chi connectivity index (χ3n) is 3.17. The van der Waals surface area contributed by atoms with E-state index in [0.29, 0.717) is 5.56 Å². The summed E-state index contributed by atoms with van der Waals surface area (Å²) in [6.07, 6.45) is 3.47. The number of nitrogens with one attached hydrogen (secondary N) is 1. The van der Waals surface area contributed by atoms with Crippen molar-refractivity contribution in [3.8, 4) is 0 Å². The van der Waals surface area contributed by atoms with Gasteiger partial charge in [0.15, 0.2) is 0 Å². The van der Waals surface area contributed by atoms with Crippen LogP contribution in [0.4, 0.5) is 5.69 Å². The van der Waals surface area contributed by atoms with Gasteiger partial charge in [0, 0.05) is 21.7 Å². The van der Waals surface area contributed by atoms with Crippen molar-refractivity contribution >= 4 is 34.2 Å². The predicted octanol–water partition coefficient (Wildman–Crippen LogP) is 3.12. The summed E-state index contributed by atoms with van der Waals surface area (Å²) in [6, 6.07) is 4.45. The molecule has 1 atom stereocenters. The summed E-state index contributed by atoms with van der Waals surface area (Å²) >= 11 is 2.02. The summed E-state index contributed by atoms with van der Waals surface area (Å²) in [6.45, 7) is 1.97. The van der Waals surface area contributed by atoms with E-state index in [-0.39, 0.29) is 17.6 Å². The van der Waals surface area contributed by atoms with Gasteiger partial charge in [0.1, 0.15) is 0 Å². The molecule has 0 saturated heterocycles. The minimum atomic E-state index is -0.486. The molecule has 5 nitrogen and oxygen atoms in total. The standard InChI is InChI=1S/C13H15IN2O3/c1-8(6-9-2-3-9)15-13(17)11-7-10(16(18)19)4-5-12(11)14/h4-5,7-9H,2-3,6H2,1H3,(H,15,17). The van der Waals surface area contributed by atoms with E-state index in [9.17, 15) is 14.9 Å². The van der Waals surface area contributed by atoms with Gasteiger partial charge in [-0.05, 0) is 47.9 Å². The molecule has 19 heavy (non-hydrogen) atoms. The van der Waals surface area contributed by atoms with Gasteiger partial charge in [-0.2, -0.15) is 0 Å². The highest BCUT2D eigenvalue weighted by Gasteiger charge is 2.25. The van der Waals surface area contributed by atoms with Crippen molar-refractivity contribution in [2.45, 2.75) is 32.2 Å². The lowest BCUT2D eigenvalue weighted by Crippen LogP contribution is -2.33. The molecule has 0 bridgehead atoms. The maximum Gasteiger partial charge on any atom is 0.270 e. The van der Waals surface area contributed by atoms with Crippen molar-refractivity contribution in [2.24, 2.45) is 5.92 Å². The minimum absolute atomic E-state index is 0.0552. The molecule has 1 aliphatic rings. The molecular formula is C13H15IN2O3. The Bertz CT molecular complexity index is 515. The number of amides is 1. The van der Waals surface area contributed by atoms with Crippen LogP contribution in [0.5, 0.6) is 0 Å². The van der Waals surface area contributed by atoms with Gasteiger partial charge < -0.3 is 5.32 Å². The smallest absolute Gasteiger partial charge is 0.270 e. The average Bonchev–Trinajstić information content (AvgIpc) is 3.12. The molecule has 1 amide bonds. The van der Waals surface area contributed by atoms with E-state index < -0.39 is 4.92 Å². The Labute approximate surface area is 125 Å². The molecule has 0 heterocycles. The third kappa shape index (κ3) is 3.89. The maximum absolute atomic E-state index is 12.1. The van der Waals surface area contributed by atoms with Crippen LogP contribution in [0.3, 0.4) is 0 Å². The number of benzene rings is 1. The van der Waals surface area contributed by atoms with E-state index in [0.717, 1.165) is 15.9 Å². The first-order valence-electron chi connectivity index (χ1n) is 6.22. The van der Waals surface area contributed by atoms with Gasteiger partial charge in [-0.15, -0.1) is 0 Å². The third-order valence-corrected chi connectivity index (χ3v) is 4.11. The van der Waals surface area contributed by atoms with Crippen LogP contribution in [0.1, 0.15) is 36.5 Å². The fraction of sp³-hybridized carbons (Fsp3) is 0.462. The Hall–Kier alpha value is -1.18. The molecule has 6 heteroatoms. The van der Waals surface area contributed by atoms with E-state index >= 15 is 0 Å². The first-order valence-corrected chi connectivity index (χ1v) is 7.30. The second-order valence-corrected chi connectivity index (χ2v) is 6.14. The minimum Gasteiger partial charge on any atom is -0.350 e. The number of carbonyl (C=O) groups excluding carboxylic acids is 1. The van der Waals surface area contributed by atoms with Crippen molar-refractivity contribution in [1.29, 1.82) is 0 Å². The molecule has 1 N–H and O–H groups in total. The van der Waals surface area contributed by atoms with Gasteiger partial charge in [0.05, 0.1) is 10.5 Å². The van der Waals surface area contributed by atoms with Gasteiger partial charge >= 0.3 is 0 Å². The first kappa shape index (κ1) is 14.2. The van der Waals surface area contributed by atoms with E-state index in [2.05, 4.69) is 5.32 Å². The normalized spacial score (nSPS) is 15.9.